The number of nitrogens with zero attached hydrogens (tertiary/aromatic N) is 1. The minimum atomic E-state index is -0.0606. The van der Waals surface area contributed by atoms with Gasteiger partial charge < -0.3 is 9.64 Å². The average Bonchev–Trinajstić information content (AvgIpc) is 2.55. The van der Waals surface area contributed by atoms with Gasteiger partial charge in [-0.05, 0) is 41.8 Å². The number of hydrogen-bond donors (Lipinski definition) is 0. The van der Waals surface area contributed by atoms with Crippen molar-refractivity contribution < 1.29 is 9.53 Å². The zero-order valence-electron chi connectivity index (χ0n) is 12.9. The van der Waals surface area contributed by atoms with Crippen LogP contribution in [0.1, 0.15) is 18.1 Å². The third-order valence-electron chi connectivity index (χ3n) is 3.45. The molecule has 0 aliphatic carbocycles. The molecule has 0 atom stereocenters. The molecule has 2 rings (SSSR count). The number of ether oxygens (including phenoxy) is 1. The quantitative estimate of drug-likeness (QED) is 0.807. The summed E-state index contributed by atoms with van der Waals surface area (Å²) in [4.78, 5) is 13.7. The van der Waals surface area contributed by atoms with E-state index in [0.717, 1.165) is 12.0 Å². The summed E-state index contributed by atoms with van der Waals surface area (Å²) in [5, 5.41) is 0.691. The maximum absolute atomic E-state index is 12.1. The molecule has 1 amide bonds. The minimum Gasteiger partial charge on any atom is -0.484 e. The van der Waals surface area contributed by atoms with E-state index in [1.54, 1.807) is 11.9 Å². The van der Waals surface area contributed by atoms with Crippen LogP contribution in [-0.2, 0) is 17.8 Å². The van der Waals surface area contributed by atoms with Crippen LogP contribution in [0.2, 0.25) is 5.02 Å². The standard InChI is InChI=1S/C18H20ClNO2/c1-3-14-6-10-17(11-7-14)22-13-18(21)20(2)12-15-4-8-16(19)9-5-15/h4-11H,3,12-13H2,1-2H3. The number of benzene rings is 2. The monoisotopic (exact) mass is 317 g/mol. The van der Waals surface area contributed by atoms with Gasteiger partial charge in [-0.25, -0.2) is 0 Å². The second kappa shape index (κ2) is 7.85. The number of carbonyl (C=O) groups is 1. The molecule has 0 fully saturated rings. The Labute approximate surface area is 136 Å². The molecule has 0 aromatic heterocycles. The molecule has 22 heavy (non-hydrogen) atoms. The van der Waals surface area contributed by atoms with Gasteiger partial charge in [0.15, 0.2) is 6.61 Å². The molecule has 0 bridgehead atoms. The lowest BCUT2D eigenvalue weighted by atomic mass is 10.2. The fourth-order valence-electron chi connectivity index (χ4n) is 2.03. The normalized spacial score (nSPS) is 10.3. The predicted octanol–water partition coefficient (Wildman–Crippen LogP) is 3.94. The lowest BCUT2D eigenvalue weighted by Crippen LogP contribution is -2.30. The Balaban J connectivity index is 1.84. The van der Waals surface area contributed by atoms with Crippen molar-refractivity contribution in [2.24, 2.45) is 0 Å². The molecule has 0 spiro atoms. The molecule has 3 nitrogen and oxygen atoms in total. The largest absolute Gasteiger partial charge is 0.484 e. The zero-order valence-corrected chi connectivity index (χ0v) is 13.6. The van der Waals surface area contributed by atoms with Gasteiger partial charge in [0.25, 0.3) is 5.91 Å². The average molecular weight is 318 g/mol. The molecule has 0 heterocycles. The first-order valence-corrected chi connectivity index (χ1v) is 7.66. The van der Waals surface area contributed by atoms with Crippen LogP contribution in [0.4, 0.5) is 0 Å². The third kappa shape index (κ3) is 4.78. The summed E-state index contributed by atoms with van der Waals surface area (Å²) in [6, 6.07) is 15.3. The van der Waals surface area contributed by atoms with Crippen LogP contribution in [0.5, 0.6) is 5.75 Å². The lowest BCUT2D eigenvalue weighted by Gasteiger charge is -2.17. The Morgan fingerprint density at radius 3 is 2.23 bits per heavy atom. The van der Waals surface area contributed by atoms with Crippen molar-refractivity contribution in [3.63, 3.8) is 0 Å². The van der Waals surface area contributed by atoms with Gasteiger partial charge in [0.05, 0.1) is 0 Å². The van der Waals surface area contributed by atoms with E-state index in [1.807, 2.05) is 48.5 Å². The van der Waals surface area contributed by atoms with Crippen molar-refractivity contribution in [3.8, 4) is 5.75 Å². The fourth-order valence-corrected chi connectivity index (χ4v) is 2.15. The van der Waals surface area contributed by atoms with Crippen molar-refractivity contribution in [1.29, 1.82) is 0 Å². The number of carbonyl (C=O) groups excluding carboxylic acids is 1. The van der Waals surface area contributed by atoms with E-state index in [1.165, 1.54) is 5.56 Å². The van der Waals surface area contributed by atoms with Gasteiger partial charge in [-0.2, -0.15) is 0 Å². The minimum absolute atomic E-state index is 0.0373. The molecular formula is C18H20ClNO2. The topological polar surface area (TPSA) is 29.5 Å². The lowest BCUT2D eigenvalue weighted by molar-refractivity contribution is -0.132. The summed E-state index contributed by atoms with van der Waals surface area (Å²) in [6.07, 6.45) is 0.989. The third-order valence-corrected chi connectivity index (χ3v) is 3.70. The van der Waals surface area contributed by atoms with Crippen LogP contribution in [-0.4, -0.2) is 24.5 Å². The fraction of sp³-hybridized carbons (Fsp3) is 0.278. The summed E-state index contributed by atoms with van der Waals surface area (Å²) in [5.74, 6) is 0.653. The smallest absolute Gasteiger partial charge is 0.260 e. The van der Waals surface area contributed by atoms with E-state index in [0.29, 0.717) is 17.3 Å². The van der Waals surface area contributed by atoms with Crippen LogP contribution in [0, 0.1) is 0 Å². The van der Waals surface area contributed by atoms with Gasteiger partial charge in [-0.3, -0.25) is 4.79 Å². The zero-order chi connectivity index (χ0) is 15.9. The van der Waals surface area contributed by atoms with Gasteiger partial charge in [-0.15, -0.1) is 0 Å². The summed E-state index contributed by atoms with van der Waals surface area (Å²) >= 11 is 5.85. The molecular weight excluding hydrogens is 298 g/mol. The predicted molar refractivity (Wildman–Crippen MR) is 89.2 cm³/mol. The number of likely N-dealkylation sites (N-methyl/N-ethyl adjacent to an activating group) is 1. The number of aryl methyl sites for hydroxylation is 1. The molecule has 2 aromatic rings. The number of halogens is 1. The van der Waals surface area contributed by atoms with E-state index >= 15 is 0 Å². The molecule has 0 radical (unpaired) electrons. The van der Waals surface area contributed by atoms with Gasteiger partial charge in [0.1, 0.15) is 5.75 Å². The molecule has 0 N–H and O–H groups in total. The number of hydrogen-bond acceptors (Lipinski definition) is 2. The molecule has 2 aromatic carbocycles. The van der Waals surface area contributed by atoms with E-state index < -0.39 is 0 Å². The maximum atomic E-state index is 12.1. The van der Waals surface area contributed by atoms with Crippen molar-refractivity contribution >= 4 is 17.5 Å². The second-order valence-electron chi connectivity index (χ2n) is 5.16. The Kier molecular flexibility index (Phi) is 5.84. The van der Waals surface area contributed by atoms with Crippen LogP contribution < -0.4 is 4.74 Å². The Hall–Kier alpha value is -2.00. The SMILES string of the molecule is CCc1ccc(OCC(=O)N(C)Cc2ccc(Cl)cc2)cc1. The summed E-state index contributed by atoms with van der Waals surface area (Å²) in [6.45, 7) is 2.68. The first-order valence-electron chi connectivity index (χ1n) is 7.28. The summed E-state index contributed by atoms with van der Waals surface area (Å²) < 4.78 is 5.53. The first kappa shape index (κ1) is 16.4. The maximum Gasteiger partial charge on any atom is 0.260 e. The van der Waals surface area contributed by atoms with Gasteiger partial charge in [-0.1, -0.05) is 42.8 Å². The molecule has 0 aliphatic heterocycles. The number of amides is 1. The molecule has 0 unspecified atom stereocenters. The van der Waals surface area contributed by atoms with Crippen molar-refractivity contribution in [1.82, 2.24) is 4.90 Å². The van der Waals surface area contributed by atoms with Crippen LogP contribution in [0.3, 0.4) is 0 Å². The Morgan fingerprint density at radius 1 is 1.05 bits per heavy atom. The molecule has 116 valence electrons. The Bertz CT molecular complexity index is 608. The highest BCUT2D eigenvalue weighted by Gasteiger charge is 2.10. The van der Waals surface area contributed by atoms with Gasteiger partial charge in [0.2, 0.25) is 0 Å². The molecule has 0 aliphatic rings. The van der Waals surface area contributed by atoms with Crippen molar-refractivity contribution in [2.75, 3.05) is 13.7 Å². The molecule has 0 saturated heterocycles. The van der Waals surface area contributed by atoms with Crippen LogP contribution >= 0.6 is 11.6 Å². The highest BCUT2D eigenvalue weighted by Crippen LogP contribution is 2.13. The van der Waals surface area contributed by atoms with E-state index in [9.17, 15) is 4.79 Å². The second-order valence-corrected chi connectivity index (χ2v) is 5.60. The van der Waals surface area contributed by atoms with E-state index in [2.05, 4.69) is 6.92 Å². The highest BCUT2D eigenvalue weighted by atomic mass is 35.5. The van der Waals surface area contributed by atoms with Crippen molar-refractivity contribution in [2.45, 2.75) is 19.9 Å². The van der Waals surface area contributed by atoms with Crippen molar-refractivity contribution in [3.05, 3.63) is 64.7 Å². The van der Waals surface area contributed by atoms with Gasteiger partial charge >= 0.3 is 0 Å². The molecule has 4 heteroatoms. The van der Waals surface area contributed by atoms with Crippen LogP contribution in [0.15, 0.2) is 48.5 Å². The van der Waals surface area contributed by atoms with Crippen LogP contribution in [0.25, 0.3) is 0 Å². The van der Waals surface area contributed by atoms with E-state index in [4.69, 9.17) is 16.3 Å². The Morgan fingerprint density at radius 2 is 1.64 bits per heavy atom. The summed E-state index contributed by atoms with van der Waals surface area (Å²) in [5.41, 5.74) is 2.28. The number of rotatable bonds is 6. The van der Waals surface area contributed by atoms with Gasteiger partial charge in [0, 0.05) is 18.6 Å². The first-order chi connectivity index (χ1) is 10.6. The summed E-state index contributed by atoms with van der Waals surface area (Å²) in [7, 11) is 1.76. The molecule has 0 saturated carbocycles. The highest BCUT2D eigenvalue weighted by molar-refractivity contribution is 6.30. The van der Waals surface area contributed by atoms with E-state index in [-0.39, 0.29) is 12.5 Å².